The van der Waals surface area contributed by atoms with Gasteiger partial charge in [0.25, 0.3) is 0 Å². The van der Waals surface area contributed by atoms with Gasteiger partial charge in [0.15, 0.2) is 0 Å². The molecule has 0 fully saturated rings. The van der Waals surface area contributed by atoms with Crippen LogP contribution in [0.15, 0.2) is 0 Å². The van der Waals surface area contributed by atoms with Crippen LogP contribution in [-0.2, 0) is 9.31 Å². The Bertz CT molecular complexity index is 80.4. The third-order valence-electron chi connectivity index (χ3n) is 1.52. The van der Waals surface area contributed by atoms with E-state index in [-0.39, 0.29) is 0 Å². The molecule has 0 aliphatic rings. The zero-order valence-electron chi connectivity index (χ0n) is 8.08. The largest absolute Gasteiger partial charge is 0.636 e. The second-order valence-electron chi connectivity index (χ2n) is 2.76. The van der Waals surface area contributed by atoms with Gasteiger partial charge in [-0.3, -0.25) is 0 Å². The molecule has 0 aromatic carbocycles. The van der Waals surface area contributed by atoms with Gasteiger partial charge in [0, 0.05) is 13.2 Å². The van der Waals surface area contributed by atoms with Crippen LogP contribution in [0.1, 0.15) is 39.5 Å². The minimum Gasteiger partial charge on any atom is -0.402 e. The molecule has 0 aliphatic heterocycles. The van der Waals surface area contributed by atoms with E-state index in [0.29, 0.717) is 13.2 Å². The topological polar surface area (TPSA) is 38.7 Å². The highest BCUT2D eigenvalue weighted by Crippen LogP contribution is 1.93. The van der Waals surface area contributed by atoms with E-state index in [1.54, 1.807) is 0 Å². The van der Waals surface area contributed by atoms with Gasteiger partial charge in [0.1, 0.15) is 0 Å². The highest BCUT2D eigenvalue weighted by Gasteiger charge is 2.13. The van der Waals surface area contributed by atoms with Crippen molar-refractivity contribution >= 4 is 7.32 Å². The fraction of sp³-hybridized carbons (Fsp3) is 1.00. The minimum absolute atomic E-state index is 0.573. The molecule has 0 saturated heterocycles. The number of hydrogen-bond acceptors (Lipinski definition) is 3. The number of rotatable bonds is 8. The summed E-state index contributed by atoms with van der Waals surface area (Å²) in [5.41, 5.74) is 0. The smallest absolute Gasteiger partial charge is 0.402 e. The van der Waals surface area contributed by atoms with Gasteiger partial charge >= 0.3 is 7.32 Å². The van der Waals surface area contributed by atoms with Crippen molar-refractivity contribution < 1.29 is 14.3 Å². The maximum atomic E-state index is 9.06. The molecule has 0 aromatic rings. The molecular weight excluding hydrogens is 155 g/mol. The Balaban J connectivity index is 3.04. The normalized spacial score (nSPS) is 10.2. The summed E-state index contributed by atoms with van der Waals surface area (Å²) in [6, 6.07) is 0. The second-order valence-corrected chi connectivity index (χ2v) is 2.76. The number of hydrogen-bond donors (Lipinski definition) is 1. The lowest BCUT2D eigenvalue weighted by molar-refractivity contribution is 0.130. The SMILES string of the molecule is CCCCOB(O)OCCCC. The molecular formula is C8H19BO3. The Morgan fingerprint density at radius 3 is 1.75 bits per heavy atom. The van der Waals surface area contributed by atoms with Crippen LogP contribution < -0.4 is 0 Å². The molecule has 0 spiro atoms. The number of unbranched alkanes of at least 4 members (excludes halogenated alkanes) is 2. The van der Waals surface area contributed by atoms with E-state index in [1.165, 1.54) is 0 Å². The van der Waals surface area contributed by atoms with E-state index in [2.05, 4.69) is 13.8 Å². The van der Waals surface area contributed by atoms with Crippen molar-refractivity contribution in [3.63, 3.8) is 0 Å². The summed E-state index contributed by atoms with van der Waals surface area (Å²) < 4.78 is 9.92. The minimum atomic E-state index is -1.02. The van der Waals surface area contributed by atoms with Crippen LogP contribution >= 0.6 is 0 Å². The first-order valence-electron chi connectivity index (χ1n) is 4.72. The Kier molecular flexibility index (Phi) is 8.99. The van der Waals surface area contributed by atoms with E-state index in [0.717, 1.165) is 25.7 Å². The Morgan fingerprint density at radius 1 is 1.00 bits per heavy atom. The molecule has 0 bridgehead atoms. The predicted octanol–water partition coefficient (Wildman–Crippen LogP) is 1.60. The lowest BCUT2D eigenvalue weighted by Crippen LogP contribution is -2.23. The molecule has 0 saturated carbocycles. The first-order valence-corrected chi connectivity index (χ1v) is 4.72. The quantitative estimate of drug-likeness (QED) is 0.448. The Hall–Kier alpha value is -0.0551. The maximum Gasteiger partial charge on any atom is 0.636 e. The first-order chi connectivity index (χ1) is 5.81. The van der Waals surface area contributed by atoms with E-state index >= 15 is 0 Å². The Labute approximate surface area is 75.2 Å². The van der Waals surface area contributed by atoms with Crippen LogP contribution in [0.25, 0.3) is 0 Å². The molecule has 0 atom stereocenters. The molecule has 0 amide bonds. The van der Waals surface area contributed by atoms with Crippen LogP contribution in [0, 0.1) is 0 Å². The third-order valence-corrected chi connectivity index (χ3v) is 1.52. The van der Waals surface area contributed by atoms with Crippen molar-refractivity contribution in [1.82, 2.24) is 0 Å². The van der Waals surface area contributed by atoms with Crippen LogP contribution in [-0.4, -0.2) is 25.6 Å². The van der Waals surface area contributed by atoms with Crippen LogP contribution in [0.4, 0.5) is 0 Å². The van der Waals surface area contributed by atoms with E-state index < -0.39 is 7.32 Å². The van der Waals surface area contributed by atoms with Crippen molar-refractivity contribution in [3.8, 4) is 0 Å². The van der Waals surface area contributed by atoms with Gasteiger partial charge in [-0.15, -0.1) is 0 Å². The molecule has 0 heterocycles. The molecule has 3 nitrogen and oxygen atoms in total. The molecule has 0 radical (unpaired) electrons. The summed E-state index contributed by atoms with van der Waals surface area (Å²) in [6.07, 6.45) is 4.08. The van der Waals surface area contributed by atoms with Crippen molar-refractivity contribution in [2.45, 2.75) is 39.5 Å². The second kappa shape index (κ2) is 9.04. The van der Waals surface area contributed by atoms with Crippen molar-refractivity contribution in [2.24, 2.45) is 0 Å². The fourth-order valence-corrected chi connectivity index (χ4v) is 0.705. The van der Waals surface area contributed by atoms with Gasteiger partial charge < -0.3 is 14.3 Å². The van der Waals surface area contributed by atoms with E-state index in [9.17, 15) is 0 Å². The van der Waals surface area contributed by atoms with Gasteiger partial charge in [-0.05, 0) is 12.8 Å². The third kappa shape index (κ3) is 8.05. The van der Waals surface area contributed by atoms with Gasteiger partial charge in [-0.2, -0.15) is 0 Å². The summed E-state index contributed by atoms with van der Waals surface area (Å²) in [5, 5.41) is 9.06. The lowest BCUT2D eigenvalue weighted by Gasteiger charge is -2.07. The standard InChI is InChI=1S/C8H19BO3/c1-3-5-7-11-9(10)12-8-6-4-2/h10H,3-8H2,1-2H3. The Morgan fingerprint density at radius 2 is 1.42 bits per heavy atom. The van der Waals surface area contributed by atoms with Crippen molar-refractivity contribution in [2.75, 3.05) is 13.2 Å². The average molecular weight is 174 g/mol. The van der Waals surface area contributed by atoms with Crippen molar-refractivity contribution in [3.05, 3.63) is 0 Å². The molecule has 0 aromatic heterocycles. The van der Waals surface area contributed by atoms with Gasteiger partial charge in [0.05, 0.1) is 0 Å². The molecule has 0 unspecified atom stereocenters. The summed E-state index contributed by atoms with van der Waals surface area (Å²) in [6.45, 7) is 5.30. The van der Waals surface area contributed by atoms with Crippen LogP contribution in [0.2, 0.25) is 0 Å². The van der Waals surface area contributed by atoms with E-state index in [1.807, 2.05) is 0 Å². The highest BCUT2D eigenvalue weighted by molar-refractivity contribution is 6.34. The fourth-order valence-electron chi connectivity index (χ4n) is 0.705. The summed E-state index contributed by atoms with van der Waals surface area (Å²) in [5.74, 6) is 0. The van der Waals surface area contributed by atoms with Crippen LogP contribution in [0.3, 0.4) is 0 Å². The predicted molar refractivity (Wildman–Crippen MR) is 49.7 cm³/mol. The highest BCUT2D eigenvalue weighted by atomic mass is 16.7. The average Bonchev–Trinajstić information content (AvgIpc) is 2.06. The molecule has 72 valence electrons. The maximum absolute atomic E-state index is 9.06. The summed E-state index contributed by atoms with van der Waals surface area (Å²) in [4.78, 5) is 0. The first kappa shape index (κ1) is 11.9. The van der Waals surface area contributed by atoms with Crippen LogP contribution in [0.5, 0.6) is 0 Å². The zero-order chi connectivity index (χ0) is 9.23. The zero-order valence-corrected chi connectivity index (χ0v) is 8.08. The lowest BCUT2D eigenvalue weighted by atomic mass is 10.2. The van der Waals surface area contributed by atoms with Crippen molar-refractivity contribution in [1.29, 1.82) is 0 Å². The van der Waals surface area contributed by atoms with Gasteiger partial charge in [-0.1, -0.05) is 26.7 Å². The molecule has 4 heteroatoms. The van der Waals surface area contributed by atoms with Gasteiger partial charge in [-0.25, -0.2) is 0 Å². The van der Waals surface area contributed by atoms with E-state index in [4.69, 9.17) is 14.3 Å². The summed E-state index contributed by atoms with van der Waals surface area (Å²) in [7, 11) is -1.02. The summed E-state index contributed by atoms with van der Waals surface area (Å²) >= 11 is 0. The monoisotopic (exact) mass is 174 g/mol. The molecule has 12 heavy (non-hydrogen) atoms. The van der Waals surface area contributed by atoms with Gasteiger partial charge in [0.2, 0.25) is 0 Å². The molecule has 1 N–H and O–H groups in total. The molecule has 0 aliphatic carbocycles. The molecule has 0 rings (SSSR count).